The summed E-state index contributed by atoms with van der Waals surface area (Å²) in [5, 5.41) is 0.850. The molecular weight excluding hydrogens is 356 g/mol. The van der Waals surface area contributed by atoms with Gasteiger partial charge in [0.2, 0.25) is 0 Å². The minimum Gasteiger partial charge on any atom is -0.383 e. The number of aromatic amines is 1. The molecule has 0 spiro atoms. The zero-order chi connectivity index (χ0) is 19.1. The van der Waals surface area contributed by atoms with Gasteiger partial charge in [-0.25, -0.2) is 14.7 Å². The van der Waals surface area contributed by atoms with Crippen molar-refractivity contribution in [3.05, 3.63) is 78.9 Å². The van der Waals surface area contributed by atoms with E-state index in [-0.39, 0.29) is 0 Å². The molecule has 0 fully saturated rings. The summed E-state index contributed by atoms with van der Waals surface area (Å²) in [6.07, 6.45) is 11.1. The van der Waals surface area contributed by atoms with E-state index in [1.807, 2.05) is 37.4 Å². The molecule has 0 aliphatic carbocycles. The van der Waals surface area contributed by atoms with Crippen LogP contribution in [0.2, 0.25) is 0 Å². The van der Waals surface area contributed by atoms with Crippen molar-refractivity contribution in [1.29, 1.82) is 0 Å². The second kappa shape index (κ2) is 9.07. The molecule has 0 bridgehead atoms. The van der Waals surface area contributed by atoms with E-state index in [1.54, 1.807) is 6.08 Å². The molecular formula is C20H22N6S. The molecule has 0 radical (unpaired) electrons. The first-order valence-corrected chi connectivity index (χ1v) is 9.31. The van der Waals surface area contributed by atoms with Crippen LogP contribution in [-0.2, 0) is 6.54 Å². The fourth-order valence-corrected chi connectivity index (χ4v) is 3.20. The molecule has 0 amide bonds. The van der Waals surface area contributed by atoms with Gasteiger partial charge in [0.25, 0.3) is 0 Å². The van der Waals surface area contributed by atoms with Crippen molar-refractivity contribution in [3.63, 3.8) is 0 Å². The Morgan fingerprint density at radius 1 is 1.37 bits per heavy atom. The van der Waals surface area contributed by atoms with Gasteiger partial charge in [-0.05, 0) is 36.3 Å². The Morgan fingerprint density at radius 2 is 2.26 bits per heavy atom. The molecule has 0 aliphatic rings. The number of benzene rings is 1. The van der Waals surface area contributed by atoms with Crippen molar-refractivity contribution in [2.45, 2.75) is 13.5 Å². The lowest BCUT2D eigenvalue weighted by Crippen LogP contribution is -2.12. The monoisotopic (exact) mass is 378 g/mol. The Balaban J connectivity index is 1.68. The van der Waals surface area contributed by atoms with Gasteiger partial charge in [-0.2, -0.15) is 0 Å². The van der Waals surface area contributed by atoms with E-state index in [4.69, 9.17) is 5.73 Å². The van der Waals surface area contributed by atoms with Gasteiger partial charge in [-0.1, -0.05) is 36.9 Å². The maximum Gasteiger partial charge on any atom is 0.143 e. The molecule has 0 atom stereocenters. The number of allylic oxidation sites excluding steroid dienone is 4. The topological polar surface area (TPSA) is 91.6 Å². The lowest BCUT2D eigenvalue weighted by atomic mass is 10.0. The minimum atomic E-state index is 0.476. The number of rotatable bonds is 8. The van der Waals surface area contributed by atoms with E-state index in [0.717, 1.165) is 33.4 Å². The molecule has 138 valence electrons. The van der Waals surface area contributed by atoms with Gasteiger partial charge in [-0.15, -0.1) is 0 Å². The first-order chi connectivity index (χ1) is 13.2. The zero-order valence-electron chi connectivity index (χ0n) is 15.1. The standard InChI is InChI=1S/C20H22N6S/c1-3-5-9-16(4-2)26-27-25-11-14-7-6-8-15(10-14)17-12-22-20-18(17)19(21)23-13-24-20/h3-10,12-13,25-26H,2,11H2,1H3,(H3,21,22,23,24)/b5-3-,16-9+. The highest BCUT2D eigenvalue weighted by molar-refractivity contribution is 7.95. The van der Waals surface area contributed by atoms with Crippen molar-refractivity contribution in [2.75, 3.05) is 5.73 Å². The number of fused-ring (bicyclic) bond motifs is 1. The minimum absolute atomic E-state index is 0.476. The first kappa shape index (κ1) is 18.8. The fourth-order valence-electron chi connectivity index (χ4n) is 2.62. The Hall–Kier alpha value is -3.03. The number of aromatic nitrogens is 3. The van der Waals surface area contributed by atoms with E-state index < -0.39 is 0 Å². The Labute approximate surface area is 163 Å². The Bertz CT molecular complexity index is 989. The van der Waals surface area contributed by atoms with Crippen molar-refractivity contribution in [2.24, 2.45) is 0 Å². The Kier molecular flexibility index (Phi) is 6.30. The molecule has 3 rings (SSSR count). The molecule has 0 unspecified atom stereocenters. The van der Waals surface area contributed by atoms with Gasteiger partial charge >= 0.3 is 0 Å². The highest BCUT2D eigenvalue weighted by Gasteiger charge is 2.11. The lowest BCUT2D eigenvalue weighted by molar-refractivity contribution is 0.968. The van der Waals surface area contributed by atoms with E-state index in [2.05, 4.69) is 49.2 Å². The number of nitrogens with zero attached hydrogens (tertiary/aromatic N) is 2. The van der Waals surface area contributed by atoms with Crippen LogP contribution in [0.25, 0.3) is 22.2 Å². The van der Waals surface area contributed by atoms with Crippen molar-refractivity contribution >= 4 is 29.0 Å². The third-order valence-electron chi connectivity index (χ3n) is 3.94. The number of hydrogen-bond acceptors (Lipinski definition) is 6. The van der Waals surface area contributed by atoms with E-state index >= 15 is 0 Å². The average Bonchev–Trinajstić information content (AvgIpc) is 3.13. The van der Waals surface area contributed by atoms with Crippen LogP contribution >= 0.6 is 12.1 Å². The fraction of sp³-hybridized carbons (Fsp3) is 0.100. The summed E-state index contributed by atoms with van der Waals surface area (Å²) in [5.74, 6) is 0.476. The quantitative estimate of drug-likeness (QED) is 0.268. The molecule has 0 saturated heterocycles. The van der Waals surface area contributed by atoms with Crippen molar-refractivity contribution in [1.82, 2.24) is 24.4 Å². The SMILES string of the molecule is C=C/C(=C\C=C/C)NSNCc1cccc(-c2c[nH]c3ncnc(N)c23)c1. The summed E-state index contributed by atoms with van der Waals surface area (Å²) >= 11 is 1.42. The molecule has 6 nitrogen and oxygen atoms in total. The molecule has 7 heteroatoms. The van der Waals surface area contributed by atoms with E-state index in [0.29, 0.717) is 12.4 Å². The summed E-state index contributed by atoms with van der Waals surface area (Å²) in [4.78, 5) is 11.5. The maximum absolute atomic E-state index is 6.04. The number of nitrogens with one attached hydrogen (secondary N) is 3. The highest BCUT2D eigenvalue weighted by atomic mass is 32.2. The predicted molar refractivity (Wildman–Crippen MR) is 114 cm³/mol. The van der Waals surface area contributed by atoms with Crippen LogP contribution in [0.4, 0.5) is 5.82 Å². The number of hydrogen-bond donors (Lipinski definition) is 4. The van der Waals surface area contributed by atoms with Crippen LogP contribution in [0.1, 0.15) is 12.5 Å². The van der Waals surface area contributed by atoms with E-state index in [9.17, 15) is 0 Å². The molecule has 5 N–H and O–H groups in total. The summed E-state index contributed by atoms with van der Waals surface area (Å²) in [7, 11) is 0. The molecule has 0 aliphatic heterocycles. The van der Waals surface area contributed by atoms with Crippen LogP contribution < -0.4 is 15.2 Å². The number of anilines is 1. The summed E-state index contributed by atoms with van der Waals surface area (Å²) in [5.41, 5.74) is 10.9. The summed E-state index contributed by atoms with van der Waals surface area (Å²) < 4.78 is 6.51. The second-order valence-corrected chi connectivity index (χ2v) is 6.46. The van der Waals surface area contributed by atoms with Crippen LogP contribution in [0.3, 0.4) is 0 Å². The smallest absolute Gasteiger partial charge is 0.143 e. The van der Waals surface area contributed by atoms with Gasteiger partial charge in [0.1, 0.15) is 17.8 Å². The average molecular weight is 379 g/mol. The van der Waals surface area contributed by atoms with Gasteiger partial charge in [0, 0.05) is 36.1 Å². The van der Waals surface area contributed by atoms with Crippen LogP contribution in [0, 0.1) is 0 Å². The lowest BCUT2D eigenvalue weighted by Gasteiger charge is -2.08. The van der Waals surface area contributed by atoms with Gasteiger partial charge in [0.15, 0.2) is 0 Å². The number of nitrogen functional groups attached to an aromatic ring is 1. The Morgan fingerprint density at radius 3 is 3.07 bits per heavy atom. The van der Waals surface area contributed by atoms with Crippen LogP contribution in [0.15, 0.2) is 73.4 Å². The normalized spacial score (nSPS) is 12.0. The third-order valence-corrected chi connectivity index (χ3v) is 4.57. The number of H-pyrrole nitrogens is 1. The molecule has 1 aromatic carbocycles. The molecule has 27 heavy (non-hydrogen) atoms. The first-order valence-electron chi connectivity index (χ1n) is 8.50. The van der Waals surface area contributed by atoms with Gasteiger partial charge in [-0.3, -0.25) is 0 Å². The molecule has 2 aromatic heterocycles. The molecule has 2 heterocycles. The molecule has 3 aromatic rings. The van der Waals surface area contributed by atoms with Crippen molar-refractivity contribution < 1.29 is 0 Å². The van der Waals surface area contributed by atoms with Crippen molar-refractivity contribution in [3.8, 4) is 11.1 Å². The highest BCUT2D eigenvalue weighted by Crippen LogP contribution is 2.30. The largest absolute Gasteiger partial charge is 0.383 e. The third kappa shape index (κ3) is 4.58. The second-order valence-electron chi connectivity index (χ2n) is 5.76. The maximum atomic E-state index is 6.04. The summed E-state index contributed by atoms with van der Waals surface area (Å²) in [6.45, 7) is 6.47. The van der Waals surface area contributed by atoms with E-state index in [1.165, 1.54) is 18.5 Å². The molecule has 0 saturated carbocycles. The van der Waals surface area contributed by atoms with Crippen LogP contribution in [-0.4, -0.2) is 15.0 Å². The zero-order valence-corrected chi connectivity index (χ0v) is 15.9. The predicted octanol–water partition coefficient (Wildman–Crippen LogP) is 4.10. The van der Waals surface area contributed by atoms with Gasteiger partial charge < -0.3 is 15.4 Å². The summed E-state index contributed by atoms with van der Waals surface area (Å²) in [6, 6.07) is 8.30. The number of nitrogens with two attached hydrogens (primary N) is 1. The van der Waals surface area contributed by atoms with Crippen LogP contribution in [0.5, 0.6) is 0 Å². The van der Waals surface area contributed by atoms with Gasteiger partial charge in [0.05, 0.1) is 5.39 Å².